The van der Waals surface area contributed by atoms with E-state index < -0.39 is 0 Å². The predicted octanol–water partition coefficient (Wildman–Crippen LogP) is 1.85. The van der Waals surface area contributed by atoms with E-state index in [2.05, 4.69) is 4.98 Å². The highest BCUT2D eigenvalue weighted by Gasteiger charge is 1.96. The highest BCUT2D eigenvalue weighted by molar-refractivity contribution is 6.32. The quantitative estimate of drug-likeness (QED) is 0.670. The van der Waals surface area contributed by atoms with Gasteiger partial charge in [0.05, 0.1) is 11.1 Å². The van der Waals surface area contributed by atoms with Gasteiger partial charge in [0.25, 0.3) is 0 Å². The molecule has 0 radical (unpaired) electrons. The molecule has 0 atom stereocenters. The van der Waals surface area contributed by atoms with Gasteiger partial charge >= 0.3 is 0 Å². The Bertz CT molecular complexity index is 352. The Hall–Kier alpha value is -1.53. The van der Waals surface area contributed by atoms with Gasteiger partial charge in [-0.05, 0) is 12.1 Å². The van der Waals surface area contributed by atoms with E-state index in [9.17, 15) is 0 Å². The molecule has 0 amide bonds. The summed E-state index contributed by atoms with van der Waals surface area (Å²) in [4.78, 5) is 3.83. The molecule has 0 bridgehead atoms. The van der Waals surface area contributed by atoms with Crippen molar-refractivity contribution in [2.45, 2.75) is 0 Å². The number of hydrogen-bond acceptors (Lipinski definition) is 3. The third-order valence-electron chi connectivity index (χ3n) is 1.24. The monoisotopic (exact) mass is 179 g/mol. The molecule has 0 saturated heterocycles. The summed E-state index contributed by atoms with van der Waals surface area (Å²) in [5, 5.41) is 8.74. The van der Waals surface area contributed by atoms with Crippen molar-refractivity contribution < 1.29 is 0 Å². The second-order valence-electron chi connectivity index (χ2n) is 2.09. The summed E-state index contributed by atoms with van der Waals surface area (Å²) in [6.45, 7) is 0. The second-order valence-corrected chi connectivity index (χ2v) is 2.50. The van der Waals surface area contributed by atoms with Crippen molar-refractivity contribution in [2.75, 3.05) is 5.73 Å². The SMILES string of the molecule is N#CC=Cc1cnc(N)cc1Cl. The molecular formula is C8H6ClN3. The molecule has 1 aromatic heterocycles. The van der Waals surface area contributed by atoms with Gasteiger partial charge in [-0.2, -0.15) is 5.26 Å². The van der Waals surface area contributed by atoms with Crippen LogP contribution in [0.3, 0.4) is 0 Å². The van der Waals surface area contributed by atoms with Gasteiger partial charge in [-0.1, -0.05) is 11.6 Å². The van der Waals surface area contributed by atoms with Crippen LogP contribution in [0, 0.1) is 11.3 Å². The fourth-order valence-electron chi connectivity index (χ4n) is 0.706. The molecule has 0 aliphatic carbocycles. The molecule has 3 nitrogen and oxygen atoms in total. The molecule has 4 heteroatoms. The Morgan fingerprint density at radius 2 is 2.42 bits per heavy atom. The van der Waals surface area contributed by atoms with E-state index in [1.54, 1.807) is 12.1 Å². The normalized spacial score (nSPS) is 10.0. The standard InChI is InChI=1S/C8H6ClN3/c9-7-4-8(11)12-5-6(7)2-1-3-10/h1-2,4-5H,(H2,11,12). The molecule has 12 heavy (non-hydrogen) atoms. The van der Waals surface area contributed by atoms with Crippen LogP contribution in [0.4, 0.5) is 5.82 Å². The molecule has 0 aromatic carbocycles. The van der Waals surface area contributed by atoms with Gasteiger partial charge in [0, 0.05) is 17.8 Å². The lowest BCUT2D eigenvalue weighted by Crippen LogP contribution is -1.89. The molecule has 1 rings (SSSR count). The highest BCUT2D eigenvalue weighted by Crippen LogP contribution is 2.17. The van der Waals surface area contributed by atoms with E-state index in [1.807, 2.05) is 6.07 Å². The summed E-state index contributed by atoms with van der Waals surface area (Å²) in [5.41, 5.74) is 6.06. The van der Waals surface area contributed by atoms with Crippen LogP contribution in [-0.4, -0.2) is 4.98 Å². The molecule has 1 aromatic rings. The number of nitriles is 1. The maximum absolute atomic E-state index is 8.25. The van der Waals surface area contributed by atoms with E-state index in [-0.39, 0.29) is 0 Å². The second kappa shape index (κ2) is 3.74. The maximum atomic E-state index is 8.25. The average Bonchev–Trinajstić information content (AvgIpc) is 2.03. The third-order valence-corrected chi connectivity index (χ3v) is 1.57. The summed E-state index contributed by atoms with van der Waals surface area (Å²) in [5.74, 6) is 0.370. The number of nitrogen functional groups attached to an aromatic ring is 1. The Balaban J connectivity index is 3.03. The van der Waals surface area contributed by atoms with Crippen molar-refractivity contribution in [3.05, 3.63) is 28.9 Å². The minimum Gasteiger partial charge on any atom is -0.384 e. The number of nitrogens with two attached hydrogens (primary N) is 1. The van der Waals surface area contributed by atoms with Crippen molar-refractivity contribution in [3.8, 4) is 6.07 Å². The maximum Gasteiger partial charge on any atom is 0.124 e. The van der Waals surface area contributed by atoms with Gasteiger partial charge < -0.3 is 5.73 Å². The zero-order chi connectivity index (χ0) is 8.97. The molecule has 0 spiro atoms. The molecule has 60 valence electrons. The molecule has 0 aliphatic heterocycles. The minimum absolute atomic E-state index is 0.370. The van der Waals surface area contributed by atoms with Crippen LogP contribution in [0.2, 0.25) is 5.02 Å². The molecular weight excluding hydrogens is 174 g/mol. The van der Waals surface area contributed by atoms with Crippen LogP contribution in [-0.2, 0) is 0 Å². The molecule has 0 aliphatic rings. The lowest BCUT2D eigenvalue weighted by molar-refractivity contribution is 1.32. The smallest absolute Gasteiger partial charge is 0.124 e. The molecule has 0 saturated carbocycles. The first-order valence-corrected chi connectivity index (χ1v) is 3.59. The van der Waals surface area contributed by atoms with Crippen LogP contribution in [0.1, 0.15) is 5.56 Å². The molecule has 2 N–H and O–H groups in total. The van der Waals surface area contributed by atoms with Gasteiger partial charge in [-0.15, -0.1) is 0 Å². The Labute approximate surface area is 75.1 Å². The topological polar surface area (TPSA) is 62.7 Å². The summed E-state index contributed by atoms with van der Waals surface area (Å²) >= 11 is 5.78. The lowest BCUT2D eigenvalue weighted by atomic mass is 10.2. The van der Waals surface area contributed by atoms with Crippen molar-refractivity contribution in [2.24, 2.45) is 0 Å². The first kappa shape index (κ1) is 8.57. The van der Waals surface area contributed by atoms with E-state index >= 15 is 0 Å². The number of allylic oxidation sites excluding steroid dienone is 1. The van der Waals surface area contributed by atoms with Crippen LogP contribution in [0.5, 0.6) is 0 Å². The number of hydrogen-bond donors (Lipinski definition) is 1. The van der Waals surface area contributed by atoms with Gasteiger partial charge in [0.1, 0.15) is 5.82 Å². The fraction of sp³-hybridized carbons (Fsp3) is 0. The van der Waals surface area contributed by atoms with Crippen molar-refractivity contribution in [3.63, 3.8) is 0 Å². The lowest BCUT2D eigenvalue weighted by Gasteiger charge is -1.96. The van der Waals surface area contributed by atoms with Gasteiger partial charge in [0.2, 0.25) is 0 Å². The number of rotatable bonds is 1. The van der Waals surface area contributed by atoms with Crippen LogP contribution < -0.4 is 5.73 Å². The Morgan fingerprint density at radius 3 is 3.00 bits per heavy atom. The van der Waals surface area contributed by atoms with Gasteiger partial charge in [-0.3, -0.25) is 0 Å². The van der Waals surface area contributed by atoms with Crippen molar-refractivity contribution in [1.29, 1.82) is 5.26 Å². The van der Waals surface area contributed by atoms with Gasteiger partial charge in [-0.25, -0.2) is 4.98 Å². The first-order valence-electron chi connectivity index (χ1n) is 3.21. The summed E-state index contributed by atoms with van der Waals surface area (Å²) in [6, 6.07) is 3.40. The van der Waals surface area contributed by atoms with Gasteiger partial charge in [0.15, 0.2) is 0 Å². The number of nitrogens with zero attached hydrogens (tertiary/aromatic N) is 2. The van der Waals surface area contributed by atoms with E-state index in [4.69, 9.17) is 22.6 Å². The average molecular weight is 180 g/mol. The summed E-state index contributed by atoms with van der Waals surface area (Å²) in [7, 11) is 0. The predicted molar refractivity (Wildman–Crippen MR) is 48.3 cm³/mol. The van der Waals surface area contributed by atoms with E-state index in [1.165, 1.54) is 12.3 Å². The zero-order valence-electron chi connectivity index (χ0n) is 6.16. The van der Waals surface area contributed by atoms with Crippen molar-refractivity contribution >= 4 is 23.5 Å². The minimum atomic E-state index is 0.370. The number of halogens is 1. The largest absolute Gasteiger partial charge is 0.384 e. The van der Waals surface area contributed by atoms with E-state index in [0.29, 0.717) is 16.4 Å². The number of pyridine rings is 1. The highest BCUT2D eigenvalue weighted by atomic mass is 35.5. The third kappa shape index (κ3) is 1.97. The first-order chi connectivity index (χ1) is 5.74. The number of anilines is 1. The summed E-state index contributed by atoms with van der Waals surface area (Å²) in [6.07, 6.45) is 4.43. The van der Waals surface area contributed by atoms with Crippen LogP contribution in [0.15, 0.2) is 18.3 Å². The zero-order valence-corrected chi connectivity index (χ0v) is 6.92. The molecule has 0 unspecified atom stereocenters. The fourth-order valence-corrected chi connectivity index (χ4v) is 0.929. The molecule has 0 fully saturated rings. The van der Waals surface area contributed by atoms with E-state index in [0.717, 1.165) is 0 Å². The molecule has 1 heterocycles. The van der Waals surface area contributed by atoms with Crippen LogP contribution in [0.25, 0.3) is 6.08 Å². The number of aromatic nitrogens is 1. The Morgan fingerprint density at radius 1 is 1.67 bits per heavy atom. The van der Waals surface area contributed by atoms with Crippen molar-refractivity contribution in [1.82, 2.24) is 4.98 Å². The summed E-state index contributed by atoms with van der Waals surface area (Å²) < 4.78 is 0. The van der Waals surface area contributed by atoms with Crippen LogP contribution >= 0.6 is 11.6 Å². The Kier molecular flexibility index (Phi) is 2.67.